The summed E-state index contributed by atoms with van der Waals surface area (Å²) in [6.07, 6.45) is 3.65. The monoisotopic (exact) mass is 319 g/mol. The van der Waals surface area contributed by atoms with Crippen LogP contribution in [-0.4, -0.2) is 54.3 Å². The summed E-state index contributed by atoms with van der Waals surface area (Å²) < 4.78 is 10.7. The molecule has 1 fully saturated rings. The van der Waals surface area contributed by atoms with E-state index in [0.29, 0.717) is 12.3 Å². The first kappa shape index (κ1) is 15.8. The summed E-state index contributed by atoms with van der Waals surface area (Å²) >= 11 is 0. The van der Waals surface area contributed by atoms with Gasteiger partial charge in [0.25, 0.3) is 5.91 Å². The van der Waals surface area contributed by atoms with Crippen LogP contribution >= 0.6 is 0 Å². The van der Waals surface area contributed by atoms with E-state index in [0.717, 1.165) is 12.8 Å². The van der Waals surface area contributed by atoms with Gasteiger partial charge in [-0.2, -0.15) is 0 Å². The van der Waals surface area contributed by atoms with Crippen LogP contribution in [-0.2, 0) is 27.2 Å². The number of carbonyl (C=O) groups is 2. The van der Waals surface area contributed by atoms with Gasteiger partial charge in [0.1, 0.15) is 5.75 Å². The summed E-state index contributed by atoms with van der Waals surface area (Å²) in [5, 5.41) is 8.96. The van der Waals surface area contributed by atoms with Crippen LogP contribution in [0.2, 0.25) is 0 Å². The number of benzene rings is 1. The van der Waals surface area contributed by atoms with E-state index in [-0.39, 0.29) is 25.7 Å². The Hall–Kier alpha value is -2.08. The molecule has 23 heavy (non-hydrogen) atoms. The largest absolute Gasteiger partial charge is 0.484 e. The van der Waals surface area contributed by atoms with Crippen molar-refractivity contribution in [3.8, 4) is 5.75 Å². The maximum atomic E-state index is 12.2. The minimum Gasteiger partial charge on any atom is -0.484 e. The van der Waals surface area contributed by atoms with Crippen LogP contribution in [0.4, 0.5) is 0 Å². The lowest BCUT2D eigenvalue weighted by molar-refractivity contribution is -0.159. The Kier molecular flexibility index (Phi) is 4.81. The fourth-order valence-corrected chi connectivity index (χ4v) is 3.06. The van der Waals surface area contributed by atoms with Gasteiger partial charge in [0, 0.05) is 6.54 Å². The molecule has 1 atom stereocenters. The number of nitrogens with zero attached hydrogens (tertiary/aromatic N) is 1. The van der Waals surface area contributed by atoms with Gasteiger partial charge < -0.3 is 19.5 Å². The minimum absolute atomic E-state index is 0.0711. The Balaban J connectivity index is 1.55. The molecule has 1 N–H and O–H groups in total. The van der Waals surface area contributed by atoms with Gasteiger partial charge in [-0.1, -0.05) is 6.07 Å². The van der Waals surface area contributed by atoms with Gasteiger partial charge in [0.05, 0.1) is 13.2 Å². The molecule has 0 saturated carbocycles. The van der Waals surface area contributed by atoms with E-state index >= 15 is 0 Å². The third-order valence-corrected chi connectivity index (χ3v) is 4.38. The molecular weight excluding hydrogens is 298 g/mol. The van der Waals surface area contributed by atoms with Crippen LogP contribution in [0.5, 0.6) is 5.75 Å². The summed E-state index contributed by atoms with van der Waals surface area (Å²) in [5.41, 5.74) is 2.67. The SMILES string of the molecule is O=C(O)C1CN(C(=O)COc2ccc3c(c2)CCCC3)CCO1. The lowest BCUT2D eigenvalue weighted by Crippen LogP contribution is -2.49. The van der Waals surface area contributed by atoms with Crippen LogP contribution in [0.25, 0.3) is 0 Å². The lowest BCUT2D eigenvalue weighted by atomic mass is 9.92. The maximum Gasteiger partial charge on any atom is 0.334 e. The van der Waals surface area contributed by atoms with Gasteiger partial charge in [-0.15, -0.1) is 0 Å². The van der Waals surface area contributed by atoms with Crippen molar-refractivity contribution in [2.45, 2.75) is 31.8 Å². The zero-order valence-corrected chi connectivity index (χ0v) is 13.0. The molecular formula is C17H21NO5. The van der Waals surface area contributed by atoms with E-state index < -0.39 is 12.1 Å². The molecule has 2 aliphatic rings. The molecule has 1 aromatic rings. The highest BCUT2D eigenvalue weighted by Crippen LogP contribution is 2.25. The molecule has 0 spiro atoms. The average Bonchev–Trinajstić information content (AvgIpc) is 2.59. The number of ether oxygens (including phenoxy) is 2. The van der Waals surface area contributed by atoms with Gasteiger partial charge in [-0.3, -0.25) is 4.79 Å². The summed E-state index contributed by atoms with van der Waals surface area (Å²) in [6.45, 7) is 0.630. The normalized spacial score (nSPS) is 20.7. The predicted molar refractivity (Wildman–Crippen MR) is 82.5 cm³/mol. The highest BCUT2D eigenvalue weighted by molar-refractivity contribution is 5.79. The third kappa shape index (κ3) is 3.82. The predicted octanol–water partition coefficient (Wildman–Crippen LogP) is 1.26. The van der Waals surface area contributed by atoms with Crippen molar-refractivity contribution < 1.29 is 24.2 Å². The number of rotatable bonds is 4. The molecule has 6 nitrogen and oxygen atoms in total. The van der Waals surface area contributed by atoms with Gasteiger partial charge in [0.2, 0.25) is 0 Å². The molecule has 1 heterocycles. The van der Waals surface area contributed by atoms with Crippen LogP contribution in [0.1, 0.15) is 24.0 Å². The molecule has 0 bridgehead atoms. The number of morpholine rings is 1. The summed E-state index contributed by atoms with van der Waals surface area (Å²) in [7, 11) is 0. The number of carboxylic acids is 1. The molecule has 0 aromatic heterocycles. The molecule has 124 valence electrons. The molecule has 1 amide bonds. The van der Waals surface area contributed by atoms with Crippen LogP contribution < -0.4 is 4.74 Å². The first-order valence-electron chi connectivity index (χ1n) is 8.00. The number of fused-ring (bicyclic) bond motifs is 1. The molecule has 1 aliphatic carbocycles. The number of hydrogen-bond donors (Lipinski definition) is 1. The Morgan fingerprint density at radius 1 is 1.26 bits per heavy atom. The highest BCUT2D eigenvalue weighted by atomic mass is 16.5. The molecule has 1 aromatic carbocycles. The Morgan fingerprint density at radius 3 is 2.83 bits per heavy atom. The molecule has 1 aliphatic heterocycles. The van der Waals surface area contributed by atoms with E-state index in [1.165, 1.54) is 28.9 Å². The second-order valence-corrected chi connectivity index (χ2v) is 5.96. The topological polar surface area (TPSA) is 76.1 Å². The van der Waals surface area contributed by atoms with Crippen molar-refractivity contribution in [2.24, 2.45) is 0 Å². The fraction of sp³-hybridized carbons (Fsp3) is 0.529. The van der Waals surface area contributed by atoms with Crippen molar-refractivity contribution >= 4 is 11.9 Å². The highest BCUT2D eigenvalue weighted by Gasteiger charge is 2.29. The average molecular weight is 319 g/mol. The third-order valence-electron chi connectivity index (χ3n) is 4.38. The zero-order chi connectivity index (χ0) is 16.2. The maximum absolute atomic E-state index is 12.2. The molecule has 1 saturated heterocycles. The van der Waals surface area contributed by atoms with Gasteiger partial charge >= 0.3 is 5.97 Å². The van der Waals surface area contributed by atoms with Crippen molar-refractivity contribution in [3.05, 3.63) is 29.3 Å². The van der Waals surface area contributed by atoms with Crippen molar-refractivity contribution in [1.29, 1.82) is 0 Å². The lowest BCUT2D eigenvalue weighted by Gasteiger charge is -2.30. The summed E-state index contributed by atoms with van der Waals surface area (Å²) in [5.74, 6) is -0.558. The van der Waals surface area contributed by atoms with Crippen LogP contribution in [0.15, 0.2) is 18.2 Å². The first-order chi connectivity index (χ1) is 11.1. The molecule has 0 radical (unpaired) electrons. The number of carbonyl (C=O) groups excluding carboxylic acids is 1. The van der Waals surface area contributed by atoms with Crippen LogP contribution in [0.3, 0.4) is 0 Å². The molecule has 3 rings (SSSR count). The minimum atomic E-state index is -1.04. The number of amides is 1. The second kappa shape index (κ2) is 7.00. The van der Waals surface area contributed by atoms with Crippen molar-refractivity contribution in [3.63, 3.8) is 0 Å². The summed E-state index contributed by atoms with van der Waals surface area (Å²) in [6, 6.07) is 5.99. The molecule has 6 heteroatoms. The van der Waals surface area contributed by atoms with Crippen molar-refractivity contribution in [2.75, 3.05) is 26.3 Å². The van der Waals surface area contributed by atoms with E-state index in [9.17, 15) is 9.59 Å². The van der Waals surface area contributed by atoms with Crippen LogP contribution in [0, 0.1) is 0 Å². The first-order valence-corrected chi connectivity index (χ1v) is 8.00. The number of hydrogen-bond acceptors (Lipinski definition) is 4. The van der Waals surface area contributed by atoms with E-state index in [2.05, 4.69) is 6.07 Å². The zero-order valence-electron chi connectivity index (χ0n) is 13.0. The smallest absolute Gasteiger partial charge is 0.334 e. The second-order valence-electron chi connectivity index (χ2n) is 5.96. The van der Waals surface area contributed by atoms with Gasteiger partial charge in [-0.05, 0) is 48.9 Å². The van der Waals surface area contributed by atoms with E-state index in [1.54, 1.807) is 0 Å². The fourth-order valence-electron chi connectivity index (χ4n) is 3.06. The number of carboxylic acid groups (broad SMARTS) is 1. The number of aryl methyl sites for hydroxylation is 2. The molecule has 1 unspecified atom stereocenters. The quantitative estimate of drug-likeness (QED) is 0.904. The Bertz CT molecular complexity index is 601. The van der Waals surface area contributed by atoms with Gasteiger partial charge in [0.15, 0.2) is 12.7 Å². The van der Waals surface area contributed by atoms with Crippen molar-refractivity contribution in [1.82, 2.24) is 4.90 Å². The summed E-state index contributed by atoms with van der Waals surface area (Å²) in [4.78, 5) is 24.6. The van der Waals surface area contributed by atoms with Gasteiger partial charge in [-0.25, -0.2) is 4.79 Å². The number of aliphatic carboxylic acids is 1. The van der Waals surface area contributed by atoms with E-state index in [1.807, 2.05) is 12.1 Å². The standard InChI is InChI=1S/C17H21NO5/c19-16(18-7-8-22-15(10-18)17(20)21)11-23-14-6-5-12-3-1-2-4-13(12)9-14/h5-6,9,15H,1-4,7-8,10-11H2,(H,20,21). The Morgan fingerprint density at radius 2 is 2.04 bits per heavy atom. The Labute approximate surface area is 135 Å². The van der Waals surface area contributed by atoms with E-state index in [4.69, 9.17) is 14.6 Å².